The summed E-state index contributed by atoms with van der Waals surface area (Å²) in [4.78, 5) is 2.36. The number of hydrogen-bond acceptors (Lipinski definition) is 1. The maximum Gasteiger partial charge on any atom is 0.0582 e. The minimum atomic E-state index is 0.885. The summed E-state index contributed by atoms with van der Waals surface area (Å²) in [6, 6.07) is 81.1. The van der Waals surface area contributed by atoms with Crippen LogP contribution in [0.15, 0.2) is 218 Å². The van der Waals surface area contributed by atoms with Crippen LogP contribution in [0.2, 0.25) is 0 Å². The number of benzene rings is 10. The molecule has 306 valence electrons. The number of fused-ring (bicyclic) bond motifs is 11. The molecule has 0 N–H and O–H groups in total. The van der Waals surface area contributed by atoms with Crippen molar-refractivity contribution in [3.63, 3.8) is 0 Å². The van der Waals surface area contributed by atoms with Gasteiger partial charge in [-0.3, -0.25) is 0 Å². The molecule has 0 saturated carbocycles. The second kappa shape index (κ2) is 14.7. The normalized spacial score (nSPS) is 12.1. The van der Waals surface area contributed by atoms with Crippen LogP contribution in [-0.4, -0.2) is 4.57 Å². The first-order valence-corrected chi connectivity index (χ1v) is 22.7. The second-order valence-corrected chi connectivity index (χ2v) is 17.9. The van der Waals surface area contributed by atoms with Gasteiger partial charge in [0.25, 0.3) is 0 Å². The number of nitrogens with zero attached hydrogens (tertiary/aromatic N) is 2. The third kappa shape index (κ3) is 6.17. The van der Waals surface area contributed by atoms with Gasteiger partial charge < -0.3 is 9.47 Å². The third-order valence-corrected chi connectivity index (χ3v) is 13.8. The van der Waals surface area contributed by atoms with E-state index in [9.17, 15) is 0 Å². The van der Waals surface area contributed by atoms with Crippen LogP contribution in [0.5, 0.6) is 0 Å². The van der Waals surface area contributed by atoms with E-state index < -0.39 is 0 Å². The molecule has 1 aromatic heterocycles. The van der Waals surface area contributed by atoms with Gasteiger partial charge in [0.05, 0.1) is 16.7 Å². The molecule has 10 aromatic carbocycles. The lowest BCUT2D eigenvalue weighted by Gasteiger charge is -2.26. The van der Waals surface area contributed by atoms with E-state index in [4.69, 9.17) is 0 Å². The number of aryl methyl sites for hydroxylation is 2. The minimum absolute atomic E-state index is 0.885. The highest BCUT2D eigenvalue weighted by Crippen LogP contribution is 2.48. The standard InChI is InChI=1S/C63H44N2/c1-40-32-48-36-50(34-40)55-14-9-15-61-59(55)39-60-56(51-35-41(2)33-49(48)37-51)29-30-57-58-38-47(22-31-62(58)65(61)63(57)60)46-20-27-54(28-21-46)64(52-23-16-44(17-24-52)42-10-5-3-6-11-42)53-25-18-45(19-26-53)43-12-7-4-8-13-43/h3-38H,39H2,1-2H3. The average Bonchev–Trinajstić information content (AvgIpc) is 3.69. The molecule has 0 spiro atoms. The van der Waals surface area contributed by atoms with Crippen LogP contribution in [-0.2, 0) is 6.42 Å². The smallest absolute Gasteiger partial charge is 0.0582 e. The fourth-order valence-electron chi connectivity index (χ4n) is 10.8. The van der Waals surface area contributed by atoms with E-state index in [1.54, 1.807) is 0 Å². The van der Waals surface area contributed by atoms with E-state index >= 15 is 0 Å². The Morgan fingerprint density at radius 1 is 0.338 bits per heavy atom. The van der Waals surface area contributed by atoms with E-state index in [-0.39, 0.29) is 0 Å². The molecule has 0 unspecified atom stereocenters. The monoisotopic (exact) mass is 828 g/mol. The van der Waals surface area contributed by atoms with Crippen molar-refractivity contribution in [3.8, 4) is 72.4 Å². The first-order valence-electron chi connectivity index (χ1n) is 22.7. The fourth-order valence-corrected chi connectivity index (χ4v) is 10.8. The molecule has 1 aliphatic heterocycles. The molecule has 2 heterocycles. The first-order chi connectivity index (χ1) is 32.0. The van der Waals surface area contributed by atoms with Crippen molar-refractivity contribution in [1.82, 2.24) is 4.57 Å². The van der Waals surface area contributed by atoms with E-state index in [1.807, 2.05) is 0 Å². The lowest BCUT2D eigenvalue weighted by atomic mass is 9.86. The number of hydrogen-bond donors (Lipinski definition) is 0. The van der Waals surface area contributed by atoms with Gasteiger partial charge in [0.1, 0.15) is 0 Å². The predicted octanol–water partition coefficient (Wildman–Crippen LogP) is 17.1. The van der Waals surface area contributed by atoms with Gasteiger partial charge in [-0.25, -0.2) is 0 Å². The van der Waals surface area contributed by atoms with Crippen molar-refractivity contribution in [3.05, 3.63) is 241 Å². The minimum Gasteiger partial charge on any atom is -0.311 e. The topological polar surface area (TPSA) is 8.17 Å². The molecule has 1 aliphatic carbocycles. The molecular formula is C63H44N2. The van der Waals surface area contributed by atoms with Crippen LogP contribution in [0, 0.1) is 13.8 Å². The van der Waals surface area contributed by atoms with E-state index in [0.717, 1.165) is 23.5 Å². The Labute approximate surface area is 380 Å². The van der Waals surface area contributed by atoms with Gasteiger partial charge in [-0.15, -0.1) is 0 Å². The Bertz CT molecular complexity index is 3570. The first kappa shape index (κ1) is 37.4. The Kier molecular flexibility index (Phi) is 8.44. The van der Waals surface area contributed by atoms with E-state index in [1.165, 1.54) is 117 Å². The largest absolute Gasteiger partial charge is 0.311 e. The van der Waals surface area contributed by atoms with Crippen molar-refractivity contribution in [1.29, 1.82) is 0 Å². The summed E-state index contributed by atoms with van der Waals surface area (Å²) >= 11 is 0. The average molecular weight is 829 g/mol. The number of anilines is 3. The van der Waals surface area contributed by atoms with Gasteiger partial charge in [0, 0.05) is 34.3 Å². The van der Waals surface area contributed by atoms with Crippen LogP contribution in [0.1, 0.15) is 22.3 Å². The van der Waals surface area contributed by atoms with Gasteiger partial charge in [-0.05, 0) is 170 Å². The van der Waals surface area contributed by atoms with Crippen LogP contribution in [0.3, 0.4) is 0 Å². The van der Waals surface area contributed by atoms with Crippen molar-refractivity contribution < 1.29 is 0 Å². The van der Waals surface area contributed by atoms with E-state index in [0.29, 0.717) is 0 Å². The van der Waals surface area contributed by atoms with Gasteiger partial charge in [0.15, 0.2) is 0 Å². The molecule has 11 aromatic rings. The molecular weight excluding hydrogens is 785 g/mol. The van der Waals surface area contributed by atoms with Crippen LogP contribution in [0.4, 0.5) is 17.1 Å². The van der Waals surface area contributed by atoms with Crippen LogP contribution >= 0.6 is 0 Å². The quantitative estimate of drug-likeness (QED) is 0.162. The maximum atomic E-state index is 2.56. The van der Waals surface area contributed by atoms with Crippen molar-refractivity contribution in [2.75, 3.05) is 4.90 Å². The van der Waals surface area contributed by atoms with Crippen LogP contribution in [0.25, 0.3) is 94.3 Å². The summed E-state index contributed by atoms with van der Waals surface area (Å²) < 4.78 is 2.56. The van der Waals surface area contributed by atoms with Crippen molar-refractivity contribution in [2.45, 2.75) is 20.3 Å². The summed E-state index contributed by atoms with van der Waals surface area (Å²) in [6.07, 6.45) is 0.885. The zero-order valence-corrected chi connectivity index (χ0v) is 36.4. The molecule has 13 rings (SSSR count). The molecule has 0 radical (unpaired) electrons. The predicted molar refractivity (Wildman–Crippen MR) is 274 cm³/mol. The number of aromatic nitrogens is 1. The molecule has 2 aliphatic rings. The zero-order valence-electron chi connectivity index (χ0n) is 36.4. The van der Waals surface area contributed by atoms with Crippen LogP contribution < -0.4 is 4.90 Å². The molecule has 0 fully saturated rings. The fraction of sp³-hybridized carbons (Fsp3) is 0.0476. The summed E-state index contributed by atoms with van der Waals surface area (Å²) in [5, 5.41) is 2.58. The highest BCUT2D eigenvalue weighted by molar-refractivity contribution is 6.14. The molecule has 65 heavy (non-hydrogen) atoms. The Hall–Kier alpha value is -8.20. The summed E-state index contributed by atoms with van der Waals surface area (Å²) in [7, 11) is 0. The lowest BCUT2D eigenvalue weighted by Crippen LogP contribution is -2.10. The van der Waals surface area contributed by atoms with Crippen molar-refractivity contribution >= 4 is 38.9 Å². The van der Waals surface area contributed by atoms with Gasteiger partial charge in [-0.2, -0.15) is 0 Å². The van der Waals surface area contributed by atoms with Gasteiger partial charge >= 0.3 is 0 Å². The molecule has 6 bridgehead atoms. The zero-order chi connectivity index (χ0) is 43.2. The SMILES string of the molecule is Cc1cc2cc(c1)-c1cccc3c1Cc1c(ccc4c5cc(-c6ccc(N(c7ccc(-c8ccccc8)cc7)c7ccc(-c8ccccc8)cc7)cc6)ccc5n-3c14)-c1cc(C)cc-2c1. The second-order valence-electron chi connectivity index (χ2n) is 17.9. The Balaban J connectivity index is 0.932. The highest BCUT2D eigenvalue weighted by Gasteiger charge is 2.28. The number of rotatable bonds is 6. The van der Waals surface area contributed by atoms with Gasteiger partial charge in [-0.1, -0.05) is 152 Å². The van der Waals surface area contributed by atoms with E-state index in [2.05, 4.69) is 242 Å². The highest BCUT2D eigenvalue weighted by atomic mass is 15.1. The molecule has 0 amide bonds. The maximum absolute atomic E-state index is 2.56. The summed E-state index contributed by atoms with van der Waals surface area (Å²) in [5.74, 6) is 0. The molecule has 2 heteroatoms. The summed E-state index contributed by atoms with van der Waals surface area (Å²) in [6.45, 7) is 4.46. The Morgan fingerprint density at radius 2 is 0.815 bits per heavy atom. The lowest BCUT2D eigenvalue weighted by molar-refractivity contribution is 1.05. The molecule has 2 nitrogen and oxygen atoms in total. The van der Waals surface area contributed by atoms with Crippen molar-refractivity contribution in [2.24, 2.45) is 0 Å². The third-order valence-electron chi connectivity index (χ3n) is 13.8. The van der Waals surface area contributed by atoms with Gasteiger partial charge in [0.2, 0.25) is 0 Å². The molecule has 0 saturated heterocycles. The molecule has 0 atom stereocenters. The summed E-state index contributed by atoms with van der Waals surface area (Å²) in [5.41, 5.74) is 27.5. The Morgan fingerprint density at radius 3 is 1.37 bits per heavy atom.